The zero-order chi connectivity index (χ0) is 15.5. The number of aliphatic imine (C=N–C) groups is 1. The van der Waals surface area contributed by atoms with E-state index in [2.05, 4.69) is 4.99 Å². The molecule has 0 unspecified atom stereocenters. The average Bonchev–Trinajstić information content (AvgIpc) is 2.54. The number of nitrogens with zero attached hydrogens (tertiary/aromatic N) is 1. The number of carbonyl (C=O) groups is 1. The minimum absolute atomic E-state index is 0.136. The van der Waals surface area contributed by atoms with Crippen molar-refractivity contribution in [2.75, 3.05) is 0 Å². The third-order valence-electron chi connectivity index (χ3n) is 3.38. The fraction of sp³-hybridized carbons (Fsp3) is 0. The zero-order valence-electron chi connectivity index (χ0n) is 11.6. The highest BCUT2D eigenvalue weighted by Gasteiger charge is 2.05. The number of phenols is 1. The summed E-state index contributed by atoms with van der Waals surface area (Å²) in [6.07, 6.45) is 1.55. The molecule has 4 heteroatoms. The van der Waals surface area contributed by atoms with Gasteiger partial charge in [0.05, 0.1) is 11.3 Å². The molecular weight excluding hydrogens is 278 g/mol. The molecule has 4 nitrogen and oxygen atoms in total. The van der Waals surface area contributed by atoms with E-state index < -0.39 is 5.97 Å². The Bertz CT molecular complexity index is 884. The first-order chi connectivity index (χ1) is 10.6. The number of phenolic OH excluding ortho intramolecular Hbond substituents is 1. The van der Waals surface area contributed by atoms with Crippen LogP contribution in [0.2, 0.25) is 0 Å². The number of carboxylic acid groups (broad SMARTS) is 1. The number of aromatic hydroxyl groups is 1. The molecule has 0 aliphatic heterocycles. The summed E-state index contributed by atoms with van der Waals surface area (Å²) in [4.78, 5) is 15.2. The molecule has 0 fully saturated rings. The van der Waals surface area contributed by atoms with Gasteiger partial charge in [-0.25, -0.2) is 4.79 Å². The summed E-state index contributed by atoms with van der Waals surface area (Å²) in [7, 11) is 0. The van der Waals surface area contributed by atoms with E-state index in [4.69, 9.17) is 5.11 Å². The van der Waals surface area contributed by atoms with Crippen molar-refractivity contribution in [1.29, 1.82) is 0 Å². The van der Waals surface area contributed by atoms with Crippen LogP contribution < -0.4 is 0 Å². The largest absolute Gasteiger partial charge is 0.507 e. The topological polar surface area (TPSA) is 69.9 Å². The molecule has 0 saturated carbocycles. The Morgan fingerprint density at radius 3 is 2.64 bits per heavy atom. The van der Waals surface area contributed by atoms with Crippen molar-refractivity contribution in [2.45, 2.75) is 0 Å². The van der Waals surface area contributed by atoms with E-state index >= 15 is 0 Å². The maximum absolute atomic E-state index is 11.0. The van der Waals surface area contributed by atoms with E-state index in [0.29, 0.717) is 11.3 Å². The lowest BCUT2D eigenvalue weighted by atomic mass is 10.0. The molecule has 0 aliphatic carbocycles. The number of hydrogen-bond donors (Lipinski definition) is 2. The fourth-order valence-electron chi connectivity index (χ4n) is 2.28. The van der Waals surface area contributed by atoms with Gasteiger partial charge in [0.15, 0.2) is 0 Å². The monoisotopic (exact) mass is 291 g/mol. The molecular formula is C18H13NO3. The van der Waals surface area contributed by atoms with E-state index in [9.17, 15) is 9.90 Å². The summed E-state index contributed by atoms with van der Waals surface area (Å²) < 4.78 is 0. The molecule has 0 heterocycles. The molecule has 0 aliphatic rings. The lowest BCUT2D eigenvalue weighted by molar-refractivity contribution is 0.0697. The van der Waals surface area contributed by atoms with Crippen molar-refractivity contribution >= 4 is 28.6 Å². The second-order valence-electron chi connectivity index (χ2n) is 4.83. The average molecular weight is 291 g/mol. The predicted molar refractivity (Wildman–Crippen MR) is 86.3 cm³/mol. The number of rotatable bonds is 3. The highest BCUT2D eigenvalue weighted by molar-refractivity contribution is 6.03. The number of hydrogen-bond acceptors (Lipinski definition) is 3. The van der Waals surface area contributed by atoms with Gasteiger partial charge in [-0.2, -0.15) is 0 Å². The van der Waals surface area contributed by atoms with Gasteiger partial charge in [0.2, 0.25) is 0 Å². The summed E-state index contributed by atoms with van der Waals surface area (Å²) in [5.41, 5.74) is 1.31. The molecule has 0 amide bonds. The van der Waals surface area contributed by atoms with Crippen molar-refractivity contribution in [2.24, 2.45) is 4.99 Å². The molecule has 0 spiro atoms. The van der Waals surface area contributed by atoms with Crippen LogP contribution in [0.3, 0.4) is 0 Å². The third kappa shape index (κ3) is 2.67. The molecule has 2 N–H and O–H groups in total. The quantitative estimate of drug-likeness (QED) is 0.717. The van der Waals surface area contributed by atoms with Crippen molar-refractivity contribution in [3.63, 3.8) is 0 Å². The van der Waals surface area contributed by atoms with Crippen LogP contribution in [0.5, 0.6) is 5.75 Å². The SMILES string of the molecule is O=C(O)c1cccc(N=Cc2c(O)ccc3ccccc23)c1. The van der Waals surface area contributed by atoms with Crippen LogP contribution in [-0.4, -0.2) is 22.4 Å². The number of benzene rings is 3. The van der Waals surface area contributed by atoms with Gasteiger partial charge in [-0.15, -0.1) is 0 Å². The van der Waals surface area contributed by atoms with Crippen molar-refractivity contribution in [3.05, 3.63) is 71.8 Å². The second-order valence-corrected chi connectivity index (χ2v) is 4.83. The molecule has 108 valence electrons. The molecule has 0 radical (unpaired) electrons. The van der Waals surface area contributed by atoms with Gasteiger partial charge in [0.1, 0.15) is 5.75 Å². The Morgan fingerprint density at radius 2 is 1.82 bits per heavy atom. The molecule has 3 rings (SSSR count). The zero-order valence-corrected chi connectivity index (χ0v) is 11.6. The maximum atomic E-state index is 11.0. The van der Waals surface area contributed by atoms with Crippen LogP contribution >= 0.6 is 0 Å². The van der Waals surface area contributed by atoms with Gasteiger partial charge >= 0.3 is 5.97 Å². The molecule has 3 aromatic carbocycles. The summed E-state index contributed by atoms with van der Waals surface area (Å²) in [6.45, 7) is 0. The van der Waals surface area contributed by atoms with Crippen molar-refractivity contribution in [1.82, 2.24) is 0 Å². The number of fused-ring (bicyclic) bond motifs is 1. The summed E-state index contributed by atoms with van der Waals surface area (Å²) in [6, 6.07) is 17.5. The lowest BCUT2D eigenvalue weighted by Gasteiger charge is -2.04. The lowest BCUT2D eigenvalue weighted by Crippen LogP contribution is -1.94. The molecule has 0 saturated heterocycles. The maximum Gasteiger partial charge on any atom is 0.335 e. The smallest absolute Gasteiger partial charge is 0.335 e. The number of aromatic carboxylic acids is 1. The van der Waals surface area contributed by atoms with Gasteiger partial charge < -0.3 is 10.2 Å². The Morgan fingerprint density at radius 1 is 1.00 bits per heavy atom. The summed E-state index contributed by atoms with van der Waals surface area (Å²) in [5, 5.41) is 20.9. The first-order valence-electron chi connectivity index (χ1n) is 6.73. The van der Waals surface area contributed by atoms with Crippen molar-refractivity contribution in [3.8, 4) is 5.75 Å². The van der Waals surface area contributed by atoms with Crippen LogP contribution in [0.4, 0.5) is 5.69 Å². The highest BCUT2D eigenvalue weighted by atomic mass is 16.4. The second kappa shape index (κ2) is 5.69. The van der Waals surface area contributed by atoms with Gasteiger partial charge in [-0.1, -0.05) is 36.4 Å². The van der Waals surface area contributed by atoms with Crippen molar-refractivity contribution < 1.29 is 15.0 Å². The van der Waals surface area contributed by atoms with Crippen LogP contribution in [0.1, 0.15) is 15.9 Å². The molecule has 3 aromatic rings. The Hall–Kier alpha value is -3.14. The third-order valence-corrected chi connectivity index (χ3v) is 3.38. The van der Waals surface area contributed by atoms with Crippen LogP contribution in [-0.2, 0) is 0 Å². The summed E-state index contributed by atoms with van der Waals surface area (Å²) in [5.74, 6) is -0.859. The minimum atomic E-state index is -0.995. The van der Waals surface area contributed by atoms with Crippen LogP contribution in [0.25, 0.3) is 10.8 Å². The Labute approximate surface area is 127 Å². The van der Waals surface area contributed by atoms with E-state index in [-0.39, 0.29) is 11.3 Å². The molecule has 0 aromatic heterocycles. The van der Waals surface area contributed by atoms with E-state index in [0.717, 1.165) is 10.8 Å². The Kier molecular flexibility index (Phi) is 3.58. The minimum Gasteiger partial charge on any atom is -0.507 e. The first kappa shape index (κ1) is 13.8. The molecule has 22 heavy (non-hydrogen) atoms. The summed E-state index contributed by atoms with van der Waals surface area (Å²) >= 11 is 0. The molecule has 0 bridgehead atoms. The van der Waals surface area contributed by atoms with Gasteiger partial charge in [0.25, 0.3) is 0 Å². The highest BCUT2D eigenvalue weighted by Crippen LogP contribution is 2.26. The number of carboxylic acids is 1. The van der Waals surface area contributed by atoms with Gasteiger partial charge in [-0.05, 0) is 35.0 Å². The fourth-order valence-corrected chi connectivity index (χ4v) is 2.28. The van der Waals surface area contributed by atoms with Gasteiger partial charge in [-0.3, -0.25) is 4.99 Å². The standard InChI is InChI=1S/C18H13NO3/c20-17-9-8-12-4-1-2-7-15(12)16(17)11-19-14-6-3-5-13(10-14)18(21)22/h1-11,20H,(H,21,22). The van der Waals surface area contributed by atoms with E-state index in [1.165, 1.54) is 12.1 Å². The van der Waals surface area contributed by atoms with Gasteiger partial charge in [0, 0.05) is 11.8 Å². The predicted octanol–water partition coefficient (Wildman–Crippen LogP) is 3.99. The first-order valence-corrected chi connectivity index (χ1v) is 6.73. The van der Waals surface area contributed by atoms with E-state index in [1.807, 2.05) is 30.3 Å². The van der Waals surface area contributed by atoms with Crippen LogP contribution in [0.15, 0.2) is 65.7 Å². The Balaban J connectivity index is 2.04. The van der Waals surface area contributed by atoms with Crippen LogP contribution in [0, 0.1) is 0 Å². The van der Waals surface area contributed by atoms with E-state index in [1.54, 1.807) is 24.4 Å². The molecule has 0 atom stereocenters. The normalized spacial score (nSPS) is 11.1.